The molecule has 0 radical (unpaired) electrons. The number of aromatic nitrogens is 3. The van der Waals surface area contributed by atoms with E-state index in [1.165, 1.54) is 25.0 Å². The molecule has 1 aliphatic heterocycles. The second-order valence-electron chi connectivity index (χ2n) is 10.1. The molecule has 0 spiro atoms. The maximum atomic E-state index is 13.1. The molecular weight excluding hydrogens is 455 g/mol. The summed E-state index contributed by atoms with van der Waals surface area (Å²) in [6.07, 6.45) is 3.05. The standard InChI is InChI=1S/C26H30F3N5O/c1-16(2)17-7-9-19(10-8-17)34-15-18-13-22(23(14-21(18)32-34)33-11-4-12-33)31-25(35)20-5-3-6-24(30-20)26(27,28)29/h3,5-6,13-17,19H,4,7-12H2,1-2H3,(H,31,35)/t17-,19-. The molecule has 1 N–H and O–H groups in total. The largest absolute Gasteiger partial charge is 0.433 e. The van der Waals surface area contributed by atoms with Gasteiger partial charge in [0.05, 0.1) is 22.9 Å². The monoisotopic (exact) mass is 485 g/mol. The Labute approximate surface area is 202 Å². The first kappa shape index (κ1) is 23.6. The van der Waals surface area contributed by atoms with Crippen LogP contribution >= 0.6 is 0 Å². The van der Waals surface area contributed by atoms with Crippen LogP contribution in [0.15, 0.2) is 36.5 Å². The van der Waals surface area contributed by atoms with Crippen LogP contribution in [0.3, 0.4) is 0 Å². The summed E-state index contributed by atoms with van der Waals surface area (Å²) < 4.78 is 41.2. The minimum absolute atomic E-state index is 0.271. The van der Waals surface area contributed by atoms with E-state index in [0.29, 0.717) is 17.6 Å². The fourth-order valence-electron chi connectivity index (χ4n) is 5.12. The van der Waals surface area contributed by atoms with Gasteiger partial charge in [-0.25, -0.2) is 4.98 Å². The van der Waals surface area contributed by atoms with Crippen LogP contribution in [0.25, 0.3) is 10.9 Å². The van der Waals surface area contributed by atoms with Gasteiger partial charge in [0.2, 0.25) is 0 Å². The Morgan fingerprint density at radius 1 is 1.11 bits per heavy atom. The van der Waals surface area contributed by atoms with Crippen LogP contribution < -0.4 is 10.2 Å². The number of nitrogens with one attached hydrogen (secondary N) is 1. The van der Waals surface area contributed by atoms with E-state index in [4.69, 9.17) is 5.10 Å². The van der Waals surface area contributed by atoms with Crippen molar-refractivity contribution < 1.29 is 18.0 Å². The predicted octanol–water partition coefficient (Wildman–Crippen LogP) is 6.30. The SMILES string of the molecule is CC(C)[C@H]1CC[C@H](n2cc3cc(NC(=O)c4cccc(C(F)(F)F)n4)c(N4CCC4)cc3n2)CC1. The molecule has 2 aliphatic rings. The van der Waals surface area contributed by atoms with Gasteiger partial charge >= 0.3 is 6.18 Å². The summed E-state index contributed by atoms with van der Waals surface area (Å²) in [6, 6.07) is 7.55. The second-order valence-corrected chi connectivity index (χ2v) is 10.1. The van der Waals surface area contributed by atoms with Gasteiger partial charge in [-0.1, -0.05) is 19.9 Å². The molecule has 35 heavy (non-hydrogen) atoms. The first-order valence-corrected chi connectivity index (χ1v) is 12.3. The number of nitrogens with zero attached hydrogens (tertiary/aromatic N) is 4. The van der Waals surface area contributed by atoms with Crippen molar-refractivity contribution in [3.8, 4) is 0 Å². The lowest BCUT2D eigenvalue weighted by molar-refractivity contribution is -0.141. The van der Waals surface area contributed by atoms with Crippen molar-refractivity contribution in [2.75, 3.05) is 23.3 Å². The van der Waals surface area contributed by atoms with Gasteiger partial charge in [-0.15, -0.1) is 0 Å². The third-order valence-electron chi connectivity index (χ3n) is 7.41. The van der Waals surface area contributed by atoms with Gasteiger partial charge in [0.15, 0.2) is 0 Å². The molecule has 5 rings (SSSR count). The van der Waals surface area contributed by atoms with Gasteiger partial charge in [-0.3, -0.25) is 9.48 Å². The number of anilines is 2. The minimum Gasteiger partial charge on any atom is -0.370 e. The first-order chi connectivity index (χ1) is 16.7. The third kappa shape index (κ3) is 4.86. The summed E-state index contributed by atoms with van der Waals surface area (Å²) in [6.45, 7) is 6.29. The number of rotatable bonds is 5. The van der Waals surface area contributed by atoms with E-state index in [2.05, 4.69) is 33.7 Å². The molecule has 1 saturated carbocycles. The van der Waals surface area contributed by atoms with Crippen LogP contribution in [0.2, 0.25) is 0 Å². The Hall–Kier alpha value is -3.10. The highest BCUT2D eigenvalue weighted by atomic mass is 19.4. The Morgan fingerprint density at radius 2 is 1.86 bits per heavy atom. The summed E-state index contributed by atoms with van der Waals surface area (Å²) in [5.41, 5.74) is 0.888. The van der Waals surface area contributed by atoms with Crippen LogP contribution in [-0.4, -0.2) is 33.8 Å². The molecule has 9 heteroatoms. The summed E-state index contributed by atoms with van der Waals surface area (Å²) in [7, 11) is 0. The third-order valence-corrected chi connectivity index (χ3v) is 7.41. The highest BCUT2D eigenvalue weighted by Gasteiger charge is 2.33. The van der Waals surface area contributed by atoms with E-state index in [1.807, 2.05) is 18.3 Å². The summed E-state index contributed by atoms with van der Waals surface area (Å²) in [5.74, 6) is 0.793. The van der Waals surface area contributed by atoms with Crippen molar-refractivity contribution in [1.29, 1.82) is 0 Å². The second kappa shape index (κ2) is 9.17. The molecule has 2 aromatic heterocycles. The number of pyridine rings is 1. The molecule has 0 bridgehead atoms. The van der Waals surface area contributed by atoms with Gasteiger partial charge < -0.3 is 10.2 Å². The fraction of sp³-hybridized carbons (Fsp3) is 0.500. The molecule has 1 aromatic carbocycles. The average Bonchev–Trinajstić information content (AvgIpc) is 3.20. The Kier molecular flexibility index (Phi) is 6.19. The van der Waals surface area contributed by atoms with Crippen LogP contribution in [0.4, 0.5) is 24.5 Å². The van der Waals surface area contributed by atoms with Crippen molar-refractivity contribution in [1.82, 2.24) is 14.8 Å². The lowest BCUT2D eigenvalue weighted by Gasteiger charge is -2.34. The van der Waals surface area contributed by atoms with E-state index in [9.17, 15) is 18.0 Å². The van der Waals surface area contributed by atoms with Gasteiger partial charge in [0.25, 0.3) is 5.91 Å². The van der Waals surface area contributed by atoms with E-state index in [-0.39, 0.29) is 5.69 Å². The highest BCUT2D eigenvalue weighted by molar-refractivity contribution is 6.06. The van der Waals surface area contributed by atoms with Gasteiger partial charge in [0.1, 0.15) is 11.4 Å². The number of carbonyl (C=O) groups is 1. The molecule has 186 valence electrons. The molecular formula is C26H30F3N5O. The molecule has 3 aromatic rings. The quantitative estimate of drug-likeness (QED) is 0.461. The molecule has 1 amide bonds. The maximum Gasteiger partial charge on any atom is 0.433 e. The van der Waals surface area contributed by atoms with Gasteiger partial charge in [-0.05, 0) is 68.2 Å². The smallest absolute Gasteiger partial charge is 0.370 e. The predicted molar refractivity (Wildman–Crippen MR) is 130 cm³/mol. The summed E-state index contributed by atoms with van der Waals surface area (Å²) in [5, 5.41) is 8.57. The zero-order valence-electron chi connectivity index (χ0n) is 20.0. The summed E-state index contributed by atoms with van der Waals surface area (Å²) >= 11 is 0. The van der Waals surface area contributed by atoms with Crippen LogP contribution in [0.5, 0.6) is 0 Å². The van der Waals surface area contributed by atoms with E-state index in [0.717, 1.165) is 60.9 Å². The average molecular weight is 486 g/mol. The van der Waals surface area contributed by atoms with Gasteiger partial charge in [0, 0.05) is 24.7 Å². The van der Waals surface area contributed by atoms with E-state index < -0.39 is 17.8 Å². The van der Waals surface area contributed by atoms with Crippen molar-refractivity contribution in [3.63, 3.8) is 0 Å². The molecule has 0 atom stereocenters. The van der Waals surface area contributed by atoms with Crippen LogP contribution in [-0.2, 0) is 6.18 Å². The lowest BCUT2D eigenvalue weighted by Crippen LogP contribution is -2.37. The Morgan fingerprint density at radius 3 is 2.49 bits per heavy atom. The van der Waals surface area contributed by atoms with Crippen molar-refractivity contribution >= 4 is 28.2 Å². The zero-order chi connectivity index (χ0) is 24.7. The Bertz CT molecular complexity index is 1220. The molecule has 1 saturated heterocycles. The highest BCUT2D eigenvalue weighted by Crippen LogP contribution is 2.38. The first-order valence-electron chi connectivity index (χ1n) is 12.3. The number of alkyl halides is 3. The number of benzene rings is 1. The number of hydrogen-bond donors (Lipinski definition) is 1. The number of fused-ring (bicyclic) bond motifs is 1. The molecule has 3 heterocycles. The zero-order valence-corrected chi connectivity index (χ0v) is 20.0. The topological polar surface area (TPSA) is 63.1 Å². The molecule has 0 unspecified atom stereocenters. The molecule has 6 nitrogen and oxygen atoms in total. The normalized spacial score (nSPS) is 20.8. The number of hydrogen-bond acceptors (Lipinski definition) is 4. The van der Waals surface area contributed by atoms with Crippen molar-refractivity contribution in [2.45, 2.75) is 58.2 Å². The van der Waals surface area contributed by atoms with Gasteiger partial charge in [-0.2, -0.15) is 18.3 Å². The number of halogens is 3. The lowest BCUT2D eigenvalue weighted by atomic mass is 9.80. The number of amides is 1. The fourth-order valence-corrected chi connectivity index (χ4v) is 5.12. The summed E-state index contributed by atoms with van der Waals surface area (Å²) in [4.78, 5) is 18.5. The Balaban J connectivity index is 1.42. The van der Waals surface area contributed by atoms with Crippen molar-refractivity contribution in [3.05, 3.63) is 47.9 Å². The van der Waals surface area contributed by atoms with Crippen LogP contribution in [0.1, 0.15) is 68.2 Å². The maximum absolute atomic E-state index is 13.1. The van der Waals surface area contributed by atoms with E-state index >= 15 is 0 Å². The minimum atomic E-state index is -4.61. The molecule has 1 aliphatic carbocycles. The number of carbonyl (C=O) groups excluding carboxylic acids is 1. The van der Waals surface area contributed by atoms with E-state index in [1.54, 1.807) is 0 Å². The van der Waals surface area contributed by atoms with Crippen molar-refractivity contribution in [2.24, 2.45) is 11.8 Å². The van der Waals surface area contributed by atoms with Crippen LogP contribution in [0, 0.1) is 11.8 Å². The molecule has 2 fully saturated rings.